The number of halogens is 2. The van der Waals surface area contributed by atoms with Crippen molar-refractivity contribution in [2.45, 2.75) is 34.1 Å². The highest BCUT2D eigenvalue weighted by molar-refractivity contribution is 6.42. The Morgan fingerprint density at radius 2 is 1.82 bits per heavy atom. The average molecular weight is 423 g/mol. The van der Waals surface area contributed by atoms with Crippen LogP contribution in [0.15, 0.2) is 18.2 Å². The molecule has 2 heterocycles. The third kappa shape index (κ3) is 4.37. The second-order valence-corrected chi connectivity index (χ2v) is 8.56. The molecule has 1 amide bonds. The predicted molar refractivity (Wildman–Crippen MR) is 115 cm³/mol. The van der Waals surface area contributed by atoms with Crippen LogP contribution in [-0.4, -0.2) is 58.2 Å². The number of carbonyl (C=O) groups excluding carboxylic acids is 1. The first-order valence-electron chi connectivity index (χ1n) is 9.87. The zero-order chi connectivity index (χ0) is 20.4. The van der Waals surface area contributed by atoms with Gasteiger partial charge in [-0.25, -0.2) is 4.68 Å². The van der Waals surface area contributed by atoms with Gasteiger partial charge in [0.15, 0.2) is 0 Å². The fraction of sp³-hybridized carbons (Fsp3) is 0.524. The summed E-state index contributed by atoms with van der Waals surface area (Å²) in [6.07, 6.45) is 0.755. The van der Waals surface area contributed by atoms with Crippen molar-refractivity contribution < 1.29 is 4.79 Å². The van der Waals surface area contributed by atoms with Crippen molar-refractivity contribution in [2.75, 3.05) is 32.7 Å². The van der Waals surface area contributed by atoms with Crippen molar-refractivity contribution >= 4 is 29.1 Å². The van der Waals surface area contributed by atoms with E-state index in [0.717, 1.165) is 61.8 Å². The molecule has 0 saturated carbocycles. The van der Waals surface area contributed by atoms with Gasteiger partial charge in [0.1, 0.15) is 0 Å². The van der Waals surface area contributed by atoms with Crippen LogP contribution < -0.4 is 0 Å². The first-order valence-corrected chi connectivity index (χ1v) is 10.6. The van der Waals surface area contributed by atoms with Crippen molar-refractivity contribution in [1.29, 1.82) is 0 Å². The summed E-state index contributed by atoms with van der Waals surface area (Å²) in [6, 6.07) is 5.42. The number of aromatic nitrogens is 2. The van der Waals surface area contributed by atoms with Gasteiger partial charge in [0, 0.05) is 26.2 Å². The number of rotatable bonds is 5. The van der Waals surface area contributed by atoms with Crippen LogP contribution in [0.3, 0.4) is 0 Å². The van der Waals surface area contributed by atoms with Gasteiger partial charge >= 0.3 is 0 Å². The van der Waals surface area contributed by atoms with Gasteiger partial charge in [-0.3, -0.25) is 4.79 Å². The third-order valence-electron chi connectivity index (χ3n) is 5.26. The second kappa shape index (κ2) is 8.85. The first-order chi connectivity index (χ1) is 13.3. The van der Waals surface area contributed by atoms with E-state index in [2.05, 4.69) is 25.7 Å². The van der Waals surface area contributed by atoms with Crippen molar-refractivity contribution in [2.24, 2.45) is 5.92 Å². The van der Waals surface area contributed by atoms with Crippen molar-refractivity contribution in [3.05, 3.63) is 45.2 Å². The Labute approximate surface area is 177 Å². The Morgan fingerprint density at radius 1 is 1.14 bits per heavy atom. The van der Waals surface area contributed by atoms with Gasteiger partial charge in [-0.15, -0.1) is 0 Å². The normalized spacial score (nSPS) is 15.5. The Hall–Kier alpha value is -1.56. The monoisotopic (exact) mass is 422 g/mol. The van der Waals surface area contributed by atoms with E-state index in [1.165, 1.54) is 0 Å². The topological polar surface area (TPSA) is 41.4 Å². The fourth-order valence-corrected chi connectivity index (χ4v) is 3.95. The van der Waals surface area contributed by atoms with Gasteiger partial charge in [-0.05, 0) is 44.0 Å². The van der Waals surface area contributed by atoms with E-state index >= 15 is 0 Å². The molecular weight excluding hydrogens is 395 g/mol. The maximum Gasteiger partial charge on any atom is 0.257 e. The summed E-state index contributed by atoms with van der Waals surface area (Å²) in [5.41, 5.74) is 3.23. The Balaban J connectivity index is 1.98. The largest absolute Gasteiger partial charge is 0.336 e. The minimum absolute atomic E-state index is 0.0789. The highest BCUT2D eigenvalue weighted by atomic mass is 35.5. The molecule has 0 radical (unpaired) electrons. The van der Waals surface area contributed by atoms with Gasteiger partial charge in [0.25, 0.3) is 5.91 Å². The van der Waals surface area contributed by atoms with E-state index < -0.39 is 0 Å². The van der Waals surface area contributed by atoms with Gasteiger partial charge in [-0.1, -0.05) is 44.0 Å². The highest BCUT2D eigenvalue weighted by Gasteiger charge is 2.28. The molecule has 1 aliphatic heterocycles. The van der Waals surface area contributed by atoms with Crippen LogP contribution >= 0.6 is 23.2 Å². The van der Waals surface area contributed by atoms with Gasteiger partial charge in [-0.2, -0.15) is 5.10 Å². The Morgan fingerprint density at radius 3 is 2.39 bits per heavy atom. The maximum absolute atomic E-state index is 13.4. The number of hydrogen-bond donors (Lipinski definition) is 0. The molecule has 28 heavy (non-hydrogen) atoms. The third-order valence-corrected chi connectivity index (χ3v) is 6.00. The minimum Gasteiger partial charge on any atom is -0.336 e. The van der Waals surface area contributed by atoms with Crippen molar-refractivity contribution in [1.82, 2.24) is 19.6 Å². The first kappa shape index (κ1) is 21.2. The van der Waals surface area contributed by atoms with Crippen molar-refractivity contribution in [3.63, 3.8) is 0 Å². The van der Waals surface area contributed by atoms with E-state index in [0.29, 0.717) is 16.0 Å². The van der Waals surface area contributed by atoms with Crippen LogP contribution in [0.4, 0.5) is 0 Å². The molecule has 1 fully saturated rings. The van der Waals surface area contributed by atoms with E-state index in [1.54, 1.807) is 12.1 Å². The molecule has 3 rings (SSSR count). The number of likely N-dealkylation sites (N-methyl/N-ethyl adjacent to an activating group) is 1. The zero-order valence-corrected chi connectivity index (χ0v) is 18.5. The van der Waals surface area contributed by atoms with Crippen LogP contribution in [0.1, 0.15) is 42.5 Å². The molecule has 2 aromatic rings. The molecule has 0 aliphatic carbocycles. The quantitative estimate of drug-likeness (QED) is 0.713. The lowest BCUT2D eigenvalue weighted by Crippen LogP contribution is -2.48. The standard InChI is InChI=1S/C21H28Cl2N4O/c1-5-25-8-10-26(11-9-25)21(28)20-15(4)27(24-19(20)12-14(2)3)16-6-7-17(22)18(23)13-16/h6-7,13-14H,5,8-12H2,1-4H3. The SMILES string of the molecule is CCN1CCN(C(=O)c2c(CC(C)C)nn(-c3ccc(Cl)c(Cl)c3)c2C)CC1. The summed E-state index contributed by atoms with van der Waals surface area (Å²) in [6.45, 7) is 12.8. The lowest BCUT2D eigenvalue weighted by molar-refractivity contribution is 0.0641. The number of nitrogens with zero attached hydrogens (tertiary/aromatic N) is 4. The molecule has 0 spiro atoms. The molecule has 0 bridgehead atoms. The van der Waals surface area contributed by atoms with Gasteiger partial charge in [0.05, 0.1) is 32.7 Å². The molecule has 152 valence electrons. The summed E-state index contributed by atoms with van der Waals surface area (Å²) in [5.74, 6) is 0.482. The predicted octanol–water partition coefficient (Wildman–Crippen LogP) is 4.46. The number of carbonyl (C=O) groups is 1. The smallest absolute Gasteiger partial charge is 0.257 e. The van der Waals surface area contributed by atoms with Crippen LogP contribution in [-0.2, 0) is 6.42 Å². The molecule has 0 unspecified atom stereocenters. The molecule has 0 atom stereocenters. The number of hydrogen-bond acceptors (Lipinski definition) is 3. The molecule has 1 aromatic carbocycles. The van der Waals surface area contributed by atoms with E-state index in [4.69, 9.17) is 28.3 Å². The molecule has 1 saturated heterocycles. The molecule has 7 heteroatoms. The molecule has 1 aromatic heterocycles. The fourth-order valence-electron chi connectivity index (χ4n) is 3.66. The number of benzene rings is 1. The van der Waals surface area contributed by atoms with Gasteiger partial charge in [0.2, 0.25) is 0 Å². The lowest BCUT2D eigenvalue weighted by atomic mass is 10.0. The van der Waals surface area contributed by atoms with Crippen LogP contribution in [0.2, 0.25) is 10.0 Å². The second-order valence-electron chi connectivity index (χ2n) is 7.74. The summed E-state index contributed by atoms with van der Waals surface area (Å²) in [4.78, 5) is 17.7. The molecular formula is C21H28Cl2N4O. The van der Waals surface area contributed by atoms with E-state index in [1.807, 2.05) is 22.6 Å². The summed E-state index contributed by atoms with van der Waals surface area (Å²) >= 11 is 12.3. The van der Waals surface area contributed by atoms with Crippen LogP contribution in [0, 0.1) is 12.8 Å². The molecule has 5 nitrogen and oxygen atoms in total. The van der Waals surface area contributed by atoms with Crippen LogP contribution in [0.5, 0.6) is 0 Å². The number of piperazine rings is 1. The Bertz CT molecular complexity index is 854. The molecule has 1 aliphatic rings. The minimum atomic E-state index is 0.0789. The van der Waals surface area contributed by atoms with Crippen LogP contribution in [0.25, 0.3) is 5.69 Å². The van der Waals surface area contributed by atoms with E-state index in [-0.39, 0.29) is 5.91 Å². The maximum atomic E-state index is 13.4. The zero-order valence-electron chi connectivity index (χ0n) is 17.0. The van der Waals surface area contributed by atoms with Crippen molar-refractivity contribution in [3.8, 4) is 5.69 Å². The Kier molecular flexibility index (Phi) is 6.69. The number of amides is 1. The van der Waals surface area contributed by atoms with E-state index in [9.17, 15) is 4.79 Å². The summed E-state index contributed by atoms with van der Waals surface area (Å²) in [7, 11) is 0. The molecule has 0 N–H and O–H groups in total. The summed E-state index contributed by atoms with van der Waals surface area (Å²) in [5, 5.41) is 5.77. The summed E-state index contributed by atoms with van der Waals surface area (Å²) < 4.78 is 1.81. The van der Waals surface area contributed by atoms with Gasteiger partial charge < -0.3 is 9.80 Å². The lowest BCUT2D eigenvalue weighted by Gasteiger charge is -2.34. The average Bonchev–Trinajstić information content (AvgIpc) is 2.98. The highest BCUT2D eigenvalue weighted by Crippen LogP contribution is 2.27.